The number of aryl methyl sites for hydroxylation is 1. The molecule has 1 atom stereocenters. The van der Waals surface area contributed by atoms with E-state index in [1.807, 2.05) is 32.2 Å². The van der Waals surface area contributed by atoms with Crippen LogP contribution in [0, 0.1) is 12.7 Å². The van der Waals surface area contributed by atoms with Crippen LogP contribution in [0.25, 0.3) is 0 Å². The van der Waals surface area contributed by atoms with Crippen LogP contribution in [-0.4, -0.2) is 11.5 Å². The number of nitrogens with one attached hydrogen (secondary N) is 1. The van der Waals surface area contributed by atoms with Crippen LogP contribution in [0.1, 0.15) is 29.8 Å². The summed E-state index contributed by atoms with van der Waals surface area (Å²) >= 11 is 6.15. The van der Waals surface area contributed by atoms with Gasteiger partial charge in [0, 0.05) is 29.4 Å². The van der Waals surface area contributed by atoms with Crippen molar-refractivity contribution < 1.29 is 4.39 Å². The molecule has 0 spiro atoms. The predicted octanol–water partition coefficient (Wildman–Crippen LogP) is 4.08. The van der Waals surface area contributed by atoms with E-state index in [1.54, 1.807) is 6.07 Å². The van der Waals surface area contributed by atoms with Gasteiger partial charge >= 0.3 is 0 Å². The number of rotatable bonds is 5. The number of aromatic nitrogens is 1. The second-order valence-corrected chi connectivity index (χ2v) is 5.21. The smallest absolute Gasteiger partial charge is 0.124 e. The molecule has 0 aliphatic rings. The molecule has 1 aromatic heterocycles. The minimum absolute atomic E-state index is 0.0308. The quantitative estimate of drug-likeness (QED) is 0.898. The molecular weight excluding hydrogens is 275 g/mol. The molecule has 2 rings (SSSR count). The summed E-state index contributed by atoms with van der Waals surface area (Å²) in [6.07, 6.45) is 2.57. The lowest BCUT2D eigenvalue weighted by molar-refractivity contribution is 0.542. The number of hydrogen-bond donors (Lipinski definition) is 1. The fourth-order valence-electron chi connectivity index (χ4n) is 2.15. The lowest BCUT2D eigenvalue weighted by Gasteiger charge is -2.19. The van der Waals surface area contributed by atoms with Crippen LogP contribution in [0.3, 0.4) is 0 Å². The van der Waals surface area contributed by atoms with Crippen molar-refractivity contribution in [1.29, 1.82) is 0 Å². The summed E-state index contributed by atoms with van der Waals surface area (Å²) < 4.78 is 13.2. The molecule has 1 unspecified atom stereocenters. The Hall–Kier alpha value is -1.45. The SMILES string of the molecule is CCNC(Cc1ccc(C)cn1)c1ccc(F)cc1Cl. The zero-order valence-electron chi connectivity index (χ0n) is 11.7. The maximum atomic E-state index is 13.2. The van der Waals surface area contributed by atoms with Crippen LogP contribution in [0.15, 0.2) is 36.5 Å². The Labute approximate surface area is 124 Å². The highest BCUT2D eigenvalue weighted by Crippen LogP contribution is 2.26. The van der Waals surface area contributed by atoms with Crippen LogP contribution in [0.2, 0.25) is 5.02 Å². The summed E-state index contributed by atoms with van der Waals surface area (Å²) in [5.74, 6) is -0.317. The fourth-order valence-corrected chi connectivity index (χ4v) is 2.45. The van der Waals surface area contributed by atoms with Crippen molar-refractivity contribution in [3.63, 3.8) is 0 Å². The highest BCUT2D eigenvalue weighted by molar-refractivity contribution is 6.31. The van der Waals surface area contributed by atoms with Crippen LogP contribution in [-0.2, 0) is 6.42 Å². The van der Waals surface area contributed by atoms with Gasteiger partial charge in [0.25, 0.3) is 0 Å². The zero-order chi connectivity index (χ0) is 14.5. The minimum atomic E-state index is -0.317. The third kappa shape index (κ3) is 3.78. The van der Waals surface area contributed by atoms with E-state index in [2.05, 4.69) is 10.3 Å². The van der Waals surface area contributed by atoms with E-state index in [0.717, 1.165) is 29.8 Å². The Morgan fingerprint density at radius 3 is 2.70 bits per heavy atom. The van der Waals surface area contributed by atoms with E-state index in [4.69, 9.17) is 11.6 Å². The van der Waals surface area contributed by atoms with Crippen LogP contribution >= 0.6 is 11.6 Å². The van der Waals surface area contributed by atoms with Gasteiger partial charge in [-0.05, 0) is 42.8 Å². The van der Waals surface area contributed by atoms with Gasteiger partial charge in [0.15, 0.2) is 0 Å². The molecule has 2 nitrogen and oxygen atoms in total. The third-order valence-corrected chi connectivity index (χ3v) is 3.50. The first-order valence-corrected chi connectivity index (χ1v) is 7.07. The highest BCUT2D eigenvalue weighted by atomic mass is 35.5. The molecule has 0 aliphatic heterocycles. The molecule has 4 heteroatoms. The van der Waals surface area contributed by atoms with Gasteiger partial charge in [0.1, 0.15) is 5.82 Å². The number of halogens is 2. The van der Waals surface area contributed by atoms with Crippen LogP contribution < -0.4 is 5.32 Å². The summed E-state index contributed by atoms with van der Waals surface area (Å²) in [4.78, 5) is 4.42. The molecule has 0 saturated carbocycles. The maximum Gasteiger partial charge on any atom is 0.124 e. The molecule has 1 heterocycles. The zero-order valence-corrected chi connectivity index (χ0v) is 12.4. The molecule has 0 bridgehead atoms. The summed E-state index contributed by atoms with van der Waals surface area (Å²) in [6.45, 7) is 4.85. The second kappa shape index (κ2) is 6.82. The van der Waals surface area contributed by atoms with Crippen LogP contribution in [0.4, 0.5) is 4.39 Å². The summed E-state index contributed by atoms with van der Waals surface area (Å²) in [5.41, 5.74) is 3.02. The summed E-state index contributed by atoms with van der Waals surface area (Å²) in [7, 11) is 0. The maximum absolute atomic E-state index is 13.2. The molecule has 0 fully saturated rings. The molecule has 1 aromatic carbocycles. The van der Waals surface area contributed by atoms with Gasteiger partial charge in [-0.25, -0.2) is 4.39 Å². The van der Waals surface area contributed by atoms with Gasteiger partial charge in [-0.1, -0.05) is 30.7 Å². The van der Waals surface area contributed by atoms with Crippen molar-refractivity contribution in [2.75, 3.05) is 6.54 Å². The average molecular weight is 293 g/mol. The summed E-state index contributed by atoms with van der Waals surface area (Å²) in [6, 6.07) is 8.61. The van der Waals surface area contributed by atoms with Crippen molar-refractivity contribution in [3.05, 3.63) is 64.2 Å². The number of hydrogen-bond acceptors (Lipinski definition) is 2. The largest absolute Gasteiger partial charge is 0.310 e. The predicted molar refractivity (Wildman–Crippen MR) is 80.5 cm³/mol. The second-order valence-electron chi connectivity index (χ2n) is 4.81. The molecule has 2 aromatic rings. The van der Waals surface area contributed by atoms with Gasteiger partial charge in [-0.15, -0.1) is 0 Å². The lowest BCUT2D eigenvalue weighted by Crippen LogP contribution is -2.23. The van der Waals surface area contributed by atoms with E-state index >= 15 is 0 Å². The van der Waals surface area contributed by atoms with E-state index in [1.165, 1.54) is 12.1 Å². The van der Waals surface area contributed by atoms with Crippen molar-refractivity contribution in [2.24, 2.45) is 0 Å². The Morgan fingerprint density at radius 1 is 1.30 bits per heavy atom. The number of likely N-dealkylation sites (N-methyl/N-ethyl adjacent to an activating group) is 1. The number of nitrogens with zero attached hydrogens (tertiary/aromatic N) is 1. The lowest BCUT2D eigenvalue weighted by atomic mass is 10.0. The Balaban J connectivity index is 2.24. The van der Waals surface area contributed by atoms with E-state index in [9.17, 15) is 4.39 Å². The molecule has 0 aliphatic carbocycles. The average Bonchev–Trinajstić information content (AvgIpc) is 2.41. The van der Waals surface area contributed by atoms with Gasteiger partial charge < -0.3 is 5.32 Å². The van der Waals surface area contributed by atoms with Crippen molar-refractivity contribution in [2.45, 2.75) is 26.3 Å². The van der Waals surface area contributed by atoms with Crippen LogP contribution in [0.5, 0.6) is 0 Å². The Bertz CT molecular complexity index is 569. The van der Waals surface area contributed by atoms with Gasteiger partial charge in [0.05, 0.1) is 0 Å². The first-order valence-electron chi connectivity index (χ1n) is 6.70. The standard InChI is InChI=1S/C16H18ClFN2/c1-3-19-16(9-13-6-4-11(2)10-20-13)14-7-5-12(18)8-15(14)17/h4-8,10,16,19H,3,9H2,1-2H3. The molecule has 0 radical (unpaired) electrons. The molecule has 0 amide bonds. The minimum Gasteiger partial charge on any atom is -0.310 e. The van der Waals surface area contributed by atoms with E-state index in [0.29, 0.717) is 5.02 Å². The third-order valence-electron chi connectivity index (χ3n) is 3.17. The molecular formula is C16H18ClFN2. The topological polar surface area (TPSA) is 24.9 Å². The monoisotopic (exact) mass is 292 g/mol. The number of benzene rings is 1. The van der Waals surface area contributed by atoms with Crippen molar-refractivity contribution in [1.82, 2.24) is 10.3 Å². The normalized spacial score (nSPS) is 12.4. The molecule has 1 N–H and O–H groups in total. The number of pyridine rings is 1. The first-order chi connectivity index (χ1) is 9.60. The molecule has 106 valence electrons. The van der Waals surface area contributed by atoms with Crippen molar-refractivity contribution in [3.8, 4) is 0 Å². The van der Waals surface area contributed by atoms with Crippen molar-refractivity contribution >= 4 is 11.6 Å². The molecule has 20 heavy (non-hydrogen) atoms. The van der Waals surface area contributed by atoms with Gasteiger partial charge in [0.2, 0.25) is 0 Å². The Morgan fingerprint density at radius 2 is 2.10 bits per heavy atom. The summed E-state index contributed by atoms with van der Waals surface area (Å²) in [5, 5.41) is 3.82. The van der Waals surface area contributed by atoms with Gasteiger partial charge in [-0.3, -0.25) is 4.98 Å². The highest BCUT2D eigenvalue weighted by Gasteiger charge is 2.15. The molecule has 0 saturated heterocycles. The van der Waals surface area contributed by atoms with E-state index < -0.39 is 0 Å². The fraction of sp³-hybridized carbons (Fsp3) is 0.312. The first kappa shape index (κ1) is 14.9. The van der Waals surface area contributed by atoms with E-state index in [-0.39, 0.29) is 11.9 Å². The Kier molecular flexibility index (Phi) is 5.10. The van der Waals surface area contributed by atoms with Gasteiger partial charge in [-0.2, -0.15) is 0 Å².